The van der Waals surface area contributed by atoms with Crippen molar-refractivity contribution in [3.8, 4) is 0 Å². The van der Waals surface area contributed by atoms with Gasteiger partial charge in [0.25, 0.3) is 11.8 Å². The summed E-state index contributed by atoms with van der Waals surface area (Å²) < 4.78 is 14.3. The van der Waals surface area contributed by atoms with E-state index in [9.17, 15) is 14.4 Å². The number of nitrogens with two attached hydrogens (primary N) is 1. The van der Waals surface area contributed by atoms with Crippen LogP contribution < -0.4 is 21.7 Å². The summed E-state index contributed by atoms with van der Waals surface area (Å²) in [5.41, 5.74) is 5.53. The van der Waals surface area contributed by atoms with E-state index in [2.05, 4.69) is 30.8 Å². The monoisotopic (exact) mass is 434 g/mol. The number of nitrogens with zero attached hydrogens (tertiary/aromatic N) is 2. The van der Waals surface area contributed by atoms with Gasteiger partial charge in [0.05, 0.1) is 0 Å². The molecule has 0 saturated heterocycles. The predicted octanol–water partition coefficient (Wildman–Crippen LogP) is 2.06. The van der Waals surface area contributed by atoms with Crippen molar-refractivity contribution in [2.24, 2.45) is 0 Å². The fraction of sp³-hybridized carbons (Fsp3) is 0.526. The Morgan fingerprint density at radius 3 is 1.97 bits per heavy atom. The van der Waals surface area contributed by atoms with Gasteiger partial charge in [0, 0.05) is 12.1 Å². The van der Waals surface area contributed by atoms with Crippen molar-refractivity contribution >= 4 is 29.3 Å². The number of nitrogens with one attached hydrogen (secondary N) is 3. The van der Waals surface area contributed by atoms with E-state index in [1.54, 1.807) is 20.8 Å². The summed E-state index contributed by atoms with van der Waals surface area (Å²) in [6.07, 6.45) is 5.83. The molecule has 0 spiro atoms. The zero-order chi connectivity index (χ0) is 22.6. The molecule has 0 radical (unpaired) electrons. The molecule has 2 aliphatic rings. The topological polar surface area (TPSA) is 175 Å². The van der Waals surface area contributed by atoms with Gasteiger partial charge in [0.15, 0.2) is 11.4 Å². The van der Waals surface area contributed by atoms with Crippen LogP contribution in [-0.4, -0.2) is 45.9 Å². The van der Waals surface area contributed by atoms with Crippen LogP contribution in [0.25, 0.3) is 0 Å². The second-order valence-electron chi connectivity index (χ2n) is 8.32. The summed E-state index contributed by atoms with van der Waals surface area (Å²) in [6.45, 7) is 5.25. The van der Waals surface area contributed by atoms with Gasteiger partial charge in [-0.1, -0.05) is 10.3 Å². The maximum atomic E-state index is 11.8. The lowest BCUT2D eigenvalue weighted by Gasteiger charge is -2.19. The molecule has 0 unspecified atom stereocenters. The fourth-order valence-corrected chi connectivity index (χ4v) is 2.28. The molecule has 12 heteroatoms. The van der Waals surface area contributed by atoms with E-state index in [-0.39, 0.29) is 40.6 Å². The summed E-state index contributed by atoms with van der Waals surface area (Å²) in [7, 11) is 0. The van der Waals surface area contributed by atoms with Crippen LogP contribution in [0.3, 0.4) is 0 Å². The molecule has 168 valence electrons. The Hall–Kier alpha value is -3.57. The van der Waals surface area contributed by atoms with E-state index < -0.39 is 11.7 Å². The van der Waals surface area contributed by atoms with Crippen LogP contribution in [0.5, 0.6) is 0 Å². The second-order valence-corrected chi connectivity index (χ2v) is 8.32. The molecule has 0 aliphatic heterocycles. The number of amides is 3. The van der Waals surface area contributed by atoms with Crippen LogP contribution in [0.15, 0.2) is 21.6 Å². The average molecular weight is 434 g/mol. The van der Waals surface area contributed by atoms with E-state index in [1.807, 2.05) is 0 Å². The minimum absolute atomic E-state index is 0.0535. The fourth-order valence-electron chi connectivity index (χ4n) is 2.28. The van der Waals surface area contributed by atoms with Gasteiger partial charge in [0.2, 0.25) is 0 Å². The third kappa shape index (κ3) is 7.01. The quantitative estimate of drug-likeness (QED) is 0.549. The van der Waals surface area contributed by atoms with Gasteiger partial charge in [-0.05, 0) is 46.5 Å². The van der Waals surface area contributed by atoms with Crippen LogP contribution >= 0.6 is 0 Å². The lowest BCUT2D eigenvalue weighted by Crippen LogP contribution is -2.29. The number of hydrogen-bond acceptors (Lipinski definition) is 9. The Morgan fingerprint density at radius 2 is 1.48 bits per heavy atom. The van der Waals surface area contributed by atoms with Gasteiger partial charge in [-0.3, -0.25) is 14.9 Å². The van der Waals surface area contributed by atoms with Gasteiger partial charge in [-0.25, -0.2) is 4.79 Å². The van der Waals surface area contributed by atoms with Crippen LogP contribution in [0.2, 0.25) is 0 Å². The molecule has 2 aliphatic carbocycles. The van der Waals surface area contributed by atoms with E-state index in [4.69, 9.17) is 15.0 Å². The number of carbonyl (C=O) groups is 3. The van der Waals surface area contributed by atoms with Crippen molar-refractivity contribution in [1.29, 1.82) is 0 Å². The van der Waals surface area contributed by atoms with Crippen molar-refractivity contribution in [3.05, 3.63) is 23.9 Å². The summed E-state index contributed by atoms with van der Waals surface area (Å²) in [4.78, 5) is 34.7. The molecule has 0 aromatic carbocycles. The number of rotatable bonds is 5. The molecule has 2 aromatic rings. The van der Waals surface area contributed by atoms with E-state index in [0.29, 0.717) is 6.04 Å². The first-order chi connectivity index (χ1) is 14.6. The second kappa shape index (κ2) is 9.06. The van der Waals surface area contributed by atoms with Gasteiger partial charge < -0.3 is 30.2 Å². The number of hydrogen-bond donors (Lipinski definition) is 4. The standard InChI is InChI=1S/C12H17N3O4.C7H9N3O2/c1-12(2,3)19-11(17)14-8-6-18-15-9(8)10(16)13-7-4-5-7;8-5-3-12-10-6(5)7(11)9-4-1-2-4/h6-7H,4-5H2,1-3H3,(H,13,16)(H,14,17);3-4H,1-2,8H2,(H,9,11). The molecule has 3 amide bonds. The molecule has 2 saturated carbocycles. The van der Waals surface area contributed by atoms with Crippen molar-refractivity contribution in [2.75, 3.05) is 11.1 Å². The molecule has 2 fully saturated rings. The van der Waals surface area contributed by atoms with Crippen LogP contribution in [0.4, 0.5) is 16.2 Å². The van der Waals surface area contributed by atoms with E-state index >= 15 is 0 Å². The molecule has 0 atom stereocenters. The van der Waals surface area contributed by atoms with E-state index in [0.717, 1.165) is 25.7 Å². The Bertz CT molecular complexity index is 938. The highest BCUT2D eigenvalue weighted by molar-refractivity contribution is 6.01. The Balaban J connectivity index is 0.000000194. The largest absolute Gasteiger partial charge is 0.444 e. The average Bonchev–Trinajstić information content (AvgIpc) is 3.56. The predicted molar refractivity (Wildman–Crippen MR) is 108 cm³/mol. The highest BCUT2D eigenvalue weighted by Gasteiger charge is 2.28. The number of anilines is 2. The molecule has 5 N–H and O–H groups in total. The molecule has 0 bridgehead atoms. The van der Waals surface area contributed by atoms with Gasteiger partial charge in [0.1, 0.15) is 29.5 Å². The maximum Gasteiger partial charge on any atom is 0.412 e. The van der Waals surface area contributed by atoms with Crippen LogP contribution in [0, 0.1) is 0 Å². The van der Waals surface area contributed by atoms with Crippen LogP contribution in [0.1, 0.15) is 67.4 Å². The summed E-state index contributed by atoms with van der Waals surface area (Å²) in [5, 5.41) is 15.0. The number of aromatic nitrogens is 2. The minimum atomic E-state index is -0.656. The molecule has 2 heterocycles. The first kappa shape index (κ1) is 22.1. The summed E-state index contributed by atoms with van der Waals surface area (Å²) >= 11 is 0. The third-order valence-corrected chi connectivity index (χ3v) is 4.06. The van der Waals surface area contributed by atoms with Gasteiger partial charge in [-0.15, -0.1) is 0 Å². The smallest absolute Gasteiger partial charge is 0.412 e. The van der Waals surface area contributed by atoms with E-state index in [1.165, 1.54) is 12.5 Å². The Morgan fingerprint density at radius 1 is 0.968 bits per heavy atom. The molecule has 4 rings (SSSR count). The number of nitrogen functional groups attached to an aromatic ring is 1. The zero-order valence-electron chi connectivity index (χ0n) is 17.6. The summed E-state index contributed by atoms with van der Waals surface area (Å²) in [5.74, 6) is -0.606. The number of ether oxygens (including phenoxy) is 1. The Labute approximate surface area is 178 Å². The molecule has 2 aromatic heterocycles. The first-order valence-electron chi connectivity index (χ1n) is 9.88. The normalized spacial score (nSPS) is 15.3. The highest BCUT2D eigenvalue weighted by Crippen LogP contribution is 2.22. The van der Waals surface area contributed by atoms with Gasteiger partial charge >= 0.3 is 6.09 Å². The summed E-state index contributed by atoms with van der Waals surface area (Å²) in [6, 6.07) is 0.521. The highest BCUT2D eigenvalue weighted by atomic mass is 16.6. The van der Waals surface area contributed by atoms with Crippen molar-refractivity contribution in [2.45, 2.75) is 64.1 Å². The molecule has 12 nitrogen and oxygen atoms in total. The molecular formula is C19H26N6O6. The third-order valence-electron chi connectivity index (χ3n) is 4.06. The van der Waals surface area contributed by atoms with Crippen molar-refractivity contribution in [1.82, 2.24) is 20.9 Å². The number of carbonyl (C=O) groups excluding carboxylic acids is 3. The van der Waals surface area contributed by atoms with Crippen LogP contribution in [-0.2, 0) is 4.74 Å². The zero-order valence-corrected chi connectivity index (χ0v) is 17.6. The lowest BCUT2D eigenvalue weighted by atomic mass is 10.2. The first-order valence-corrected chi connectivity index (χ1v) is 9.88. The van der Waals surface area contributed by atoms with Gasteiger partial charge in [-0.2, -0.15) is 0 Å². The molecular weight excluding hydrogens is 408 g/mol. The Kier molecular flexibility index (Phi) is 6.47. The SMILES string of the molecule is CC(C)(C)OC(=O)Nc1conc1C(=O)NC1CC1.Nc1conc1C(=O)NC1CC1. The maximum absolute atomic E-state index is 11.8. The van der Waals surface area contributed by atoms with Crippen molar-refractivity contribution in [3.63, 3.8) is 0 Å². The molecule has 31 heavy (non-hydrogen) atoms. The minimum Gasteiger partial charge on any atom is -0.444 e. The lowest BCUT2D eigenvalue weighted by molar-refractivity contribution is 0.0635. The van der Waals surface area contributed by atoms with Crippen molar-refractivity contribution < 1.29 is 28.2 Å².